The van der Waals surface area contributed by atoms with E-state index < -0.39 is 10.8 Å². The summed E-state index contributed by atoms with van der Waals surface area (Å²) in [6.45, 7) is 5.64. The van der Waals surface area contributed by atoms with E-state index in [0.29, 0.717) is 24.9 Å². The second-order valence-corrected chi connectivity index (χ2v) is 8.37. The maximum atomic E-state index is 13.1. The van der Waals surface area contributed by atoms with Crippen LogP contribution >= 0.6 is 0 Å². The molecular weight excluding hydrogens is 353 g/mol. The normalized spacial score (nSPS) is 21.9. The summed E-state index contributed by atoms with van der Waals surface area (Å²) in [5, 5.41) is 6.99. The minimum Gasteiger partial charge on any atom is -0.492 e. The Balaban J connectivity index is 1.82. The van der Waals surface area contributed by atoms with Gasteiger partial charge in [0, 0.05) is 40.5 Å². The molecule has 0 aliphatic heterocycles. The van der Waals surface area contributed by atoms with Crippen LogP contribution in [0.15, 0.2) is 29.3 Å². The third-order valence-corrected chi connectivity index (χ3v) is 6.13. The number of nitrogens with one attached hydrogen (secondary N) is 2. The first-order chi connectivity index (χ1) is 12.6. The van der Waals surface area contributed by atoms with E-state index >= 15 is 0 Å². The van der Waals surface area contributed by atoms with E-state index in [-0.39, 0.29) is 11.1 Å². The van der Waals surface area contributed by atoms with Crippen LogP contribution in [-0.2, 0) is 10.8 Å². The Morgan fingerprint density at radius 2 is 2.23 bits per heavy atom. The van der Waals surface area contributed by atoms with Crippen LogP contribution in [-0.4, -0.2) is 46.9 Å². The number of aliphatic imine (C=N–C) groups is 1. The first kappa shape index (κ1) is 20.7. The van der Waals surface area contributed by atoms with Crippen molar-refractivity contribution in [1.82, 2.24) is 10.6 Å². The van der Waals surface area contributed by atoms with Crippen molar-refractivity contribution in [2.24, 2.45) is 4.99 Å². The monoisotopic (exact) mass is 383 g/mol. The molecule has 1 fully saturated rings. The number of hydrogen-bond donors (Lipinski definition) is 2. The summed E-state index contributed by atoms with van der Waals surface area (Å²) in [6.07, 6.45) is 4.14. The molecule has 1 saturated carbocycles. The summed E-state index contributed by atoms with van der Waals surface area (Å²) in [4.78, 5) is 4.53. The molecule has 0 saturated heterocycles. The molecule has 7 heteroatoms. The standard InChI is InChI=1S/C19H30FN3O2S/c1-3-21-19(22-11-12-25-17-9-5-7-15(20)13-17)23-16-8-6-10-18(14-16)26(24)4-2/h5,7,9,13,16,18H,3-4,6,8,10-12,14H2,1-2H3,(H2,21,22,23). The van der Waals surface area contributed by atoms with Gasteiger partial charge in [-0.1, -0.05) is 19.4 Å². The van der Waals surface area contributed by atoms with Gasteiger partial charge in [-0.2, -0.15) is 0 Å². The highest BCUT2D eigenvalue weighted by Crippen LogP contribution is 2.23. The van der Waals surface area contributed by atoms with Gasteiger partial charge in [-0.3, -0.25) is 4.21 Å². The molecule has 26 heavy (non-hydrogen) atoms. The minimum absolute atomic E-state index is 0.283. The van der Waals surface area contributed by atoms with Crippen molar-refractivity contribution in [3.8, 4) is 5.75 Å². The Hall–Kier alpha value is -1.63. The average Bonchev–Trinajstić information content (AvgIpc) is 2.65. The molecule has 1 aromatic rings. The van der Waals surface area contributed by atoms with Crippen LogP contribution in [0.2, 0.25) is 0 Å². The van der Waals surface area contributed by atoms with Crippen LogP contribution in [0, 0.1) is 5.82 Å². The van der Waals surface area contributed by atoms with Gasteiger partial charge in [0.15, 0.2) is 5.96 Å². The van der Waals surface area contributed by atoms with E-state index in [4.69, 9.17) is 4.74 Å². The van der Waals surface area contributed by atoms with Crippen LogP contribution < -0.4 is 15.4 Å². The van der Waals surface area contributed by atoms with Gasteiger partial charge >= 0.3 is 0 Å². The molecule has 2 N–H and O–H groups in total. The average molecular weight is 384 g/mol. The molecule has 5 nitrogen and oxygen atoms in total. The summed E-state index contributed by atoms with van der Waals surface area (Å²) in [5.74, 6) is 1.68. The third kappa shape index (κ3) is 6.94. The number of guanidine groups is 1. The fraction of sp³-hybridized carbons (Fsp3) is 0.632. The molecular formula is C19H30FN3O2S. The highest BCUT2D eigenvalue weighted by Gasteiger charge is 2.25. The smallest absolute Gasteiger partial charge is 0.191 e. The Morgan fingerprint density at radius 1 is 1.38 bits per heavy atom. The maximum Gasteiger partial charge on any atom is 0.191 e. The lowest BCUT2D eigenvalue weighted by atomic mass is 9.95. The van der Waals surface area contributed by atoms with Crippen molar-refractivity contribution < 1.29 is 13.3 Å². The summed E-state index contributed by atoms with van der Waals surface area (Å²) in [6, 6.07) is 6.40. The van der Waals surface area contributed by atoms with Crippen LogP contribution in [0.3, 0.4) is 0 Å². The zero-order valence-electron chi connectivity index (χ0n) is 15.7. The molecule has 0 heterocycles. The fourth-order valence-electron chi connectivity index (χ4n) is 3.14. The Morgan fingerprint density at radius 3 is 2.96 bits per heavy atom. The predicted octanol–water partition coefficient (Wildman–Crippen LogP) is 2.84. The highest BCUT2D eigenvalue weighted by atomic mass is 32.2. The number of rotatable bonds is 8. The molecule has 3 atom stereocenters. The summed E-state index contributed by atoms with van der Waals surface area (Å²) >= 11 is 0. The lowest BCUT2D eigenvalue weighted by molar-refractivity contribution is 0.326. The van der Waals surface area contributed by atoms with Crippen LogP contribution in [0.25, 0.3) is 0 Å². The lowest BCUT2D eigenvalue weighted by Gasteiger charge is -2.30. The largest absolute Gasteiger partial charge is 0.492 e. The highest BCUT2D eigenvalue weighted by molar-refractivity contribution is 7.85. The third-order valence-electron chi connectivity index (χ3n) is 4.39. The summed E-state index contributed by atoms with van der Waals surface area (Å²) in [5.41, 5.74) is 0. The molecule has 0 amide bonds. The first-order valence-electron chi connectivity index (χ1n) is 9.42. The summed E-state index contributed by atoms with van der Waals surface area (Å²) in [7, 11) is -0.734. The molecule has 0 aromatic heterocycles. The van der Waals surface area contributed by atoms with Gasteiger partial charge in [0.1, 0.15) is 18.2 Å². The van der Waals surface area contributed by atoms with E-state index in [1.165, 1.54) is 12.1 Å². The molecule has 2 rings (SSSR count). The Kier molecular flexibility index (Phi) is 8.88. The van der Waals surface area contributed by atoms with Crippen molar-refractivity contribution in [2.75, 3.05) is 25.4 Å². The molecule has 0 spiro atoms. The quantitative estimate of drug-likeness (QED) is 0.412. The van der Waals surface area contributed by atoms with Gasteiger partial charge in [0.2, 0.25) is 0 Å². The number of nitrogens with zero attached hydrogens (tertiary/aromatic N) is 1. The first-order valence-corrected chi connectivity index (χ1v) is 10.8. The number of hydrogen-bond acceptors (Lipinski definition) is 3. The van der Waals surface area contributed by atoms with Crippen LogP contribution in [0.4, 0.5) is 4.39 Å². The van der Waals surface area contributed by atoms with Gasteiger partial charge in [0.25, 0.3) is 0 Å². The number of halogens is 1. The van der Waals surface area contributed by atoms with Gasteiger partial charge in [-0.05, 0) is 38.3 Å². The topological polar surface area (TPSA) is 62.7 Å². The van der Waals surface area contributed by atoms with E-state index in [0.717, 1.165) is 43.9 Å². The molecule has 0 bridgehead atoms. The van der Waals surface area contributed by atoms with E-state index in [1.807, 2.05) is 13.8 Å². The van der Waals surface area contributed by atoms with Crippen molar-refractivity contribution in [3.05, 3.63) is 30.1 Å². The van der Waals surface area contributed by atoms with Crippen molar-refractivity contribution in [2.45, 2.75) is 50.8 Å². The molecule has 1 aromatic carbocycles. The van der Waals surface area contributed by atoms with Gasteiger partial charge < -0.3 is 15.4 Å². The van der Waals surface area contributed by atoms with E-state index in [9.17, 15) is 8.60 Å². The van der Waals surface area contributed by atoms with Crippen LogP contribution in [0.1, 0.15) is 39.5 Å². The molecule has 1 aliphatic carbocycles. The fourth-order valence-corrected chi connectivity index (χ4v) is 4.49. The van der Waals surface area contributed by atoms with Crippen LogP contribution in [0.5, 0.6) is 5.75 Å². The zero-order valence-corrected chi connectivity index (χ0v) is 16.5. The van der Waals surface area contributed by atoms with E-state index in [1.54, 1.807) is 12.1 Å². The number of ether oxygens (including phenoxy) is 1. The van der Waals surface area contributed by atoms with Gasteiger partial charge in [0.05, 0.1) is 6.54 Å². The van der Waals surface area contributed by atoms with Gasteiger partial charge in [-0.15, -0.1) is 0 Å². The molecule has 0 radical (unpaired) electrons. The minimum atomic E-state index is -0.734. The SMILES string of the molecule is CCNC(=NCCOc1cccc(F)c1)NC1CCCC(S(=O)CC)C1. The van der Waals surface area contributed by atoms with Crippen molar-refractivity contribution in [1.29, 1.82) is 0 Å². The predicted molar refractivity (Wildman–Crippen MR) is 106 cm³/mol. The van der Waals surface area contributed by atoms with Gasteiger partial charge in [-0.25, -0.2) is 9.38 Å². The Labute approximate surface area is 158 Å². The molecule has 1 aliphatic rings. The zero-order chi connectivity index (χ0) is 18.8. The van der Waals surface area contributed by atoms with Crippen molar-refractivity contribution in [3.63, 3.8) is 0 Å². The van der Waals surface area contributed by atoms with Crippen molar-refractivity contribution >= 4 is 16.8 Å². The second-order valence-electron chi connectivity index (χ2n) is 6.37. The number of benzene rings is 1. The van der Waals surface area contributed by atoms with E-state index in [2.05, 4.69) is 15.6 Å². The maximum absolute atomic E-state index is 13.1. The summed E-state index contributed by atoms with van der Waals surface area (Å²) < 4.78 is 30.7. The lowest BCUT2D eigenvalue weighted by Crippen LogP contribution is -2.46. The Bertz CT molecular complexity index is 612. The molecule has 146 valence electrons. The molecule has 3 unspecified atom stereocenters. The second kappa shape index (κ2) is 11.2.